The molecule has 5 nitrogen and oxygen atoms in total. The Hall–Kier alpha value is -2.47. The van der Waals surface area contributed by atoms with Crippen LogP contribution < -0.4 is 5.76 Å². The average Bonchev–Trinajstić information content (AvgIpc) is 2.96. The fraction of sp³-hybridized carbons (Fsp3) is 0.263. The van der Waals surface area contributed by atoms with Gasteiger partial charge in [-0.2, -0.15) is 0 Å². The van der Waals surface area contributed by atoms with Crippen LogP contribution in [0.2, 0.25) is 0 Å². The quantitative estimate of drug-likeness (QED) is 0.656. The van der Waals surface area contributed by atoms with Crippen molar-refractivity contribution in [3.8, 4) is 0 Å². The number of hydrogen-bond donors (Lipinski definition) is 0. The van der Waals surface area contributed by atoms with Gasteiger partial charge < -0.3 is 9.32 Å². The molecule has 0 radical (unpaired) electrons. The molecule has 0 unspecified atom stereocenters. The fourth-order valence-corrected chi connectivity index (χ4v) is 3.27. The molecule has 1 heterocycles. The zero-order valence-electron chi connectivity index (χ0n) is 14.4. The van der Waals surface area contributed by atoms with E-state index < -0.39 is 11.8 Å². The van der Waals surface area contributed by atoms with Crippen molar-refractivity contribution in [3.05, 3.63) is 64.6 Å². The Morgan fingerprint density at radius 1 is 1.20 bits per heavy atom. The number of oxazole rings is 1. The molecule has 0 aliphatic rings. The van der Waals surface area contributed by atoms with Gasteiger partial charge in [0.15, 0.2) is 5.58 Å². The Kier molecular flexibility index (Phi) is 4.99. The molecule has 0 bridgehead atoms. The van der Waals surface area contributed by atoms with Crippen LogP contribution in [0.3, 0.4) is 0 Å². The van der Waals surface area contributed by atoms with Gasteiger partial charge in [0.05, 0.1) is 5.52 Å². The van der Waals surface area contributed by atoms with Gasteiger partial charge >= 0.3 is 5.76 Å². The van der Waals surface area contributed by atoms with Crippen molar-refractivity contribution < 1.29 is 9.21 Å². The third-order valence-corrected chi connectivity index (χ3v) is 4.96. The molecule has 0 spiro atoms. The van der Waals surface area contributed by atoms with Crippen LogP contribution in [0, 0.1) is 0 Å². The second kappa shape index (κ2) is 7.19. The maximum atomic E-state index is 12.8. The lowest BCUT2D eigenvalue weighted by Crippen LogP contribution is -2.35. The number of nitrogens with zero attached hydrogens (tertiary/aromatic N) is 2. The summed E-state index contributed by atoms with van der Waals surface area (Å²) in [5, 5.41) is 0. The standard InChI is InChI=1S/C19H20N2O3S/c1-13(21-16-6-4-5-7-17(16)24-19(21)23)18(22)20(2)12-14-8-10-15(25-3)11-9-14/h4-11,13H,12H2,1-3H3/t13-/m0/s1. The van der Waals surface area contributed by atoms with E-state index >= 15 is 0 Å². The van der Waals surface area contributed by atoms with Crippen molar-refractivity contribution >= 4 is 28.8 Å². The molecule has 1 aromatic heterocycles. The highest BCUT2D eigenvalue weighted by molar-refractivity contribution is 7.98. The van der Waals surface area contributed by atoms with E-state index in [1.54, 1.807) is 48.8 Å². The minimum atomic E-state index is -0.633. The Labute approximate surface area is 150 Å². The van der Waals surface area contributed by atoms with Crippen LogP contribution in [-0.2, 0) is 11.3 Å². The van der Waals surface area contributed by atoms with Crippen molar-refractivity contribution in [2.24, 2.45) is 0 Å². The average molecular weight is 356 g/mol. The predicted molar refractivity (Wildman–Crippen MR) is 99.9 cm³/mol. The third-order valence-electron chi connectivity index (χ3n) is 4.22. The largest absolute Gasteiger partial charge is 0.420 e. The number of benzene rings is 2. The van der Waals surface area contributed by atoms with Crippen LogP contribution >= 0.6 is 11.8 Å². The van der Waals surface area contributed by atoms with Crippen molar-refractivity contribution in [1.82, 2.24) is 9.47 Å². The van der Waals surface area contributed by atoms with Crippen molar-refractivity contribution in [1.29, 1.82) is 0 Å². The van der Waals surface area contributed by atoms with Crippen LogP contribution in [0.1, 0.15) is 18.5 Å². The van der Waals surface area contributed by atoms with Crippen molar-refractivity contribution in [3.63, 3.8) is 0 Å². The van der Waals surface area contributed by atoms with E-state index in [2.05, 4.69) is 0 Å². The number of fused-ring (bicyclic) bond motifs is 1. The first kappa shape index (κ1) is 17.4. The van der Waals surface area contributed by atoms with Gasteiger partial charge in [-0.15, -0.1) is 11.8 Å². The molecule has 6 heteroatoms. The maximum absolute atomic E-state index is 12.8. The molecule has 3 rings (SSSR count). The van der Waals surface area contributed by atoms with Crippen LogP contribution in [0.25, 0.3) is 11.1 Å². The molecule has 3 aromatic rings. The highest BCUT2D eigenvalue weighted by Crippen LogP contribution is 2.19. The van der Waals surface area contributed by atoms with Gasteiger partial charge in [-0.05, 0) is 43.0 Å². The zero-order chi connectivity index (χ0) is 18.0. The summed E-state index contributed by atoms with van der Waals surface area (Å²) in [6.07, 6.45) is 2.03. The molecular weight excluding hydrogens is 336 g/mol. The van der Waals surface area contributed by atoms with Crippen molar-refractivity contribution in [2.75, 3.05) is 13.3 Å². The normalized spacial score (nSPS) is 12.3. The number of carbonyl (C=O) groups is 1. The number of carbonyl (C=O) groups excluding carboxylic acids is 1. The number of likely N-dealkylation sites (N-methyl/N-ethyl adjacent to an activating group) is 1. The summed E-state index contributed by atoms with van der Waals surface area (Å²) < 4.78 is 6.64. The first-order valence-corrected chi connectivity index (χ1v) is 9.21. The van der Waals surface area contributed by atoms with Crippen molar-refractivity contribution in [2.45, 2.75) is 24.4 Å². The Bertz CT molecular complexity index is 943. The number of para-hydroxylation sites is 2. The maximum Gasteiger partial charge on any atom is 0.420 e. The number of amides is 1. The van der Waals surface area contributed by atoms with Gasteiger partial charge in [0, 0.05) is 18.5 Å². The number of thioether (sulfide) groups is 1. The lowest BCUT2D eigenvalue weighted by Gasteiger charge is -2.22. The summed E-state index contributed by atoms with van der Waals surface area (Å²) >= 11 is 1.68. The van der Waals surface area contributed by atoms with Gasteiger partial charge in [-0.1, -0.05) is 24.3 Å². The lowest BCUT2D eigenvalue weighted by molar-refractivity contribution is -0.133. The Morgan fingerprint density at radius 3 is 2.56 bits per heavy atom. The Balaban J connectivity index is 1.81. The van der Waals surface area contributed by atoms with Gasteiger partial charge in [0.25, 0.3) is 0 Å². The summed E-state index contributed by atoms with van der Waals surface area (Å²) in [6, 6.07) is 14.6. The SMILES string of the molecule is CSc1ccc(CN(C)C(=O)[C@H](C)n2c(=O)oc3ccccc32)cc1. The topological polar surface area (TPSA) is 55.5 Å². The van der Waals surface area contributed by atoms with Gasteiger partial charge in [-0.25, -0.2) is 4.79 Å². The van der Waals surface area contributed by atoms with Crippen LogP contribution in [0.5, 0.6) is 0 Å². The molecule has 25 heavy (non-hydrogen) atoms. The van der Waals surface area contributed by atoms with Gasteiger partial charge in [0.1, 0.15) is 6.04 Å². The number of hydrogen-bond acceptors (Lipinski definition) is 4. The minimum absolute atomic E-state index is 0.136. The third kappa shape index (κ3) is 3.49. The summed E-state index contributed by atoms with van der Waals surface area (Å²) in [6.45, 7) is 2.21. The van der Waals surface area contributed by atoms with Crippen LogP contribution in [-0.4, -0.2) is 28.7 Å². The Morgan fingerprint density at radius 2 is 1.88 bits per heavy atom. The molecule has 0 N–H and O–H groups in total. The fourth-order valence-electron chi connectivity index (χ4n) is 2.86. The molecule has 0 aliphatic carbocycles. The van der Waals surface area contributed by atoms with E-state index in [1.807, 2.05) is 36.6 Å². The summed E-state index contributed by atoms with van der Waals surface area (Å²) in [7, 11) is 1.74. The number of rotatable bonds is 5. The first-order chi connectivity index (χ1) is 12.0. The lowest BCUT2D eigenvalue weighted by atomic mass is 10.2. The van der Waals surface area contributed by atoms with Gasteiger partial charge in [-0.3, -0.25) is 9.36 Å². The predicted octanol–water partition coefficient (Wildman–Crippen LogP) is 3.54. The molecule has 1 atom stereocenters. The molecule has 0 saturated carbocycles. The summed E-state index contributed by atoms with van der Waals surface area (Å²) in [4.78, 5) is 27.8. The summed E-state index contributed by atoms with van der Waals surface area (Å²) in [5.74, 6) is -0.651. The molecule has 2 aromatic carbocycles. The second-order valence-corrected chi connectivity index (χ2v) is 6.80. The number of aromatic nitrogens is 1. The zero-order valence-corrected chi connectivity index (χ0v) is 15.2. The molecule has 0 saturated heterocycles. The van der Waals surface area contributed by atoms with E-state index in [1.165, 1.54) is 9.46 Å². The first-order valence-electron chi connectivity index (χ1n) is 7.99. The van der Waals surface area contributed by atoms with Gasteiger partial charge in [0.2, 0.25) is 5.91 Å². The molecule has 0 aliphatic heterocycles. The second-order valence-electron chi connectivity index (χ2n) is 5.92. The highest BCUT2D eigenvalue weighted by Gasteiger charge is 2.24. The smallest absolute Gasteiger partial charge is 0.408 e. The van der Waals surface area contributed by atoms with Crippen LogP contribution in [0.4, 0.5) is 0 Å². The molecule has 130 valence electrons. The highest BCUT2D eigenvalue weighted by atomic mass is 32.2. The van der Waals surface area contributed by atoms with E-state index in [-0.39, 0.29) is 5.91 Å². The molecule has 0 fully saturated rings. The van der Waals surface area contributed by atoms with E-state index in [9.17, 15) is 9.59 Å². The molecule has 1 amide bonds. The van der Waals surface area contributed by atoms with E-state index in [0.29, 0.717) is 17.6 Å². The minimum Gasteiger partial charge on any atom is -0.408 e. The van der Waals surface area contributed by atoms with E-state index in [0.717, 1.165) is 5.56 Å². The van der Waals surface area contributed by atoms with Crippen LogP contribution in [0.15, 0.2) is 62.6 Å². The summed E-state index contributed by atoms with van der Waals surface area (Å²) in [5.41, 5.74) is 2.17. The monoisotopic (exact) mass is 356 g/mol. The van der Waals surface area contributed by atoms with E-state index in [4.69, 9.17) is 4.42 Å². The molecular formula is C19H20N2O3S.